The van der Waals surface area contributed by atoms with Crippen LogP contribution in [0.2, 0.25) is 0 Å². The monoisotopic (exact) mass is 288 g/mol. The molecule has 0 aliphatic carbocycles. The Morgan fingerprint density at radius 2 is 2.05 bits per heavy atom. The van der Waals surface area contributed by atoms with Crippen molar-refractivity contribution in [3.05, 3.63) is 23.5 Å². The van der Waals surface area contributed by atoms with Crippen molar-refractivity contribution in [1.29, 1.82) is 0 Å². The van der Waals surface area contributed by atoms with Crippen molar-refractivity contribution < 1.29 is 4.79 Å². The van der Waals surface area contributed by atoms with Gasteiger partial charge in [-0.1, -0.05) is 13.8 Å². The molecule has 5 nitrogen and oxygen atoms in total. The molecule has 0 saturated heterocycles. The van der Waals surface area contributed by atoms with Crippen LogP contribution >= 0.6 is 0 Å². The molecule has 1 N–H and O–H groups in total. The highest BCUT2D eigenvalue weighted by molar-refractivity contribution is 5.97. The number of hydrogen-bond acceptors (Lipinski definition) is 3. The van der Waals surface area contributed by atoms with Gasteiger partial charge in [0.15, 0.2) is 5.65 Å². The average Bonchev–Trinajstić information content (AvgIpc) is 2.71. The van der Waals surface area contributed by atoms with E-state index < -0.39 is 0 Å². The lowest BCUT2D eigenvalue weighted by atomic mass is 10.0. The van der Waals surface area contributed by atoms with Crippen molar-refractivity contribution in [3.8, 4) is 0 Å². The molecule has 2 aromatic heterocycles. The van der Waals surface area contributed by atoms with Crippen molar-refractivity contribution in [3.63, 3.8) is 0 Å². The first-order valence-electron chi connectivity index (χ1n) is 7.48. The molecule has 0 aromatic carbocycles. The Kier molecular flexibility index (Phi) is 4.60. The molecule has 0 aliphatic heterocycles. The summed E-state index contributed by atoms with van der Waals surface area (Å²) in [5, 5.41) is 8.29. The van der Waals surface area contributed by atoms with Crippen molar-refractivity contribution in [2.45, 2.75) is 46.6 Å². The summed E-state index contributed by atoms with van der Waals surface area (Å²) in [6, 6.07) is 2.04. The number of rotatable bonds is 5. The van der Waals surface area contributed by atoms with Gasteiger partial charge in [-0.05, 0) is 38.7 Å². The summed E-state index contributed by atoms with van der Waals surface area (Å²) >= 11 is 0. The summed E-state index contributed by atoms with van der Waals surface area (Å²) in [5.41, 5.74) is 2.29. The number of aryl methyl sites for hydroxylation is 2. The Balaban J connectivity index is 2.11. The van der Waals surface area contributed by atoms with Crippen LogP contribution in [0.4, 0.5) is 0 Å². The number of nitrogens with zero attached hydrogens (tertiary/aromatic N) is 3. The van der Waals surface area contributed by atoms with Crippen LogP contribution in [0, 0.1) is 12.8 Å². The van der Waals surface area contributed by atoms with Crippen molar-refractivity contribution in [2.75, 3.05) is 0 Å². The molecule has 2 rings (SSSR count). The number of nitrogens with one attached hydrogen (secondary N) is 1. The van der Waals surface area contributed by atoms with E-state index in [9.17, 15) is 4.79 Å². The number of amides is 1. The van der Waals surface area contributed by atoms with E-state index in [1.165, 1.54) is 0 Å². The van der Waals surface area contributed by atoms with E-state index in [-0.39, 0.29) is 11.9 Å². The van der Waals surface area contributed by atoms with Gasteiger partial charge in [0.05, 0.1) is 11.3 Å². The molecule has 0 radical (unpaired) electrons. The van der Waals surface area contributed by atoms with Crippen LogP contribution in [-0.2, 0) is 7.05 Å². The minimum atomic E-state index is -0.0658. The summed E-state index contributed by atoms with van der Waals surface area (Å²) in [7, 11) is 1.86. The van der Waals surface area contributed by atoms with Gasteiger partial charge in [-0.3, -0.25) is 9.48 Å². The van der Waals surface area contributed by atoms with Crippen molar-refractivity contribution >= 4 is 16.9 Å². The second kappa shape index (κ2) is 6.24. The summed E-state index contributed by atoms with van der Waals surface area (Å²) < 4.78 is 1.73. The first kappa shape index (κ1) is 15.5. The summed E-state index contributed by atoms with van der Waals surface area (Å²) in [4.78, 5) is 16.6. The molecule has 2 heterocycles. The van der Waals surface area contributed by atoms with Crippen LogP contribution in [0.15, 0.2) is 12.3 Å². The molecular formula is C16H24N4O. The van der Waals surface area contributed by atoms with Gasteiger partial charge in [-0.15, -0.1) is 0 Å². The van der Waals surface area contributed by atoms with Gasteiger partial charge in [0, 0.05) is 24.7 Å². The quantitative estimate of drug-likeness (QED) is 0.920. The Labute approximate surface area is 125 Å². The maximum Gasteiger partial charge on any atom is 0.253 e. The topological polar surface area (TPSA) is 59.8 Å². The number of fused-ring (bicyclic) bond motifs is 1. The molecule has 5 heteroatoms. The number of carbonyl (C=O) groups excluding carboxylic acids is 1. The normalized spacial score (nSPS) is 12.9. The molecule has 0 saturated carbocycles. The third-order valence-electron chi connectivity index (χ3n) is 3.68. The zero-order chi connectivity index (χ0) is 15.6. The molecule has 21 heavy (non-hydrogen) atoms. The van der Waals surface area contributed by atoms with Gasteiger partial charge in [-0.25, -0.2) is 4.98 Å². The zero-order valence-corrected chi connectivity index (χ0v) is 13.5. The van der Waals surface area contributed by atoms with Crippen LogP contribution in [0.3, 0.4) is 0 Å². The van der Waals surface area contributed by atoms with Crippen molar-refractivity contribution in [1.82, 2.24) is 20.1 Å². The average molecular weight is 288 g/mol. The third kappa shape index (κ3) is 3.60. The van der Waals surface area contributed by atoms with Crippen LogP contribution < -0.4 is 5.32 Å². The molecule has 1 atom stereocenters. The van der Waals surface area contributed by atoms with Crippen LogP contribution in [-0.4, -0.2) is 26.7 Å². The first-order chi connectivity index (χ1) is 9.88. The lowest BCUT2D eigenvalue weighted by Gasteiger charge is -2.15. The van der Waals surface area contributed by atoms with Gasteiger partial charge >= 0.3 is 0 Å². The fourth-order valence-electron chi connectivity index (χ4n) is 2.39. The molecule has 2 aromatic rings. The standard InChI is InChI=1S/C16H24N4O/c1-10(2)6-7-11(3)18-16(21)13-8-14-12(4)19-20(5)15(14)17-9-13/h8-11H,6-7H2,1-5H3,(H,18,21). The lowest BCUT2D eigenvalue weighted by Crippen LogP contribution is -2.32. The minimum absolute atomic E-state index is 0.0658. The third-order valence-corrected chi connectivity index (χ3v) is 3.68. The Morgan fingerprint density at radius 1 is 1.33 bits per heavy atom. The van der Waals surface area contributed by atoms with E-state index in [2.05, 4.69) is 29.2 Å². The second-order valence-electron chi connectivity index (χ2n) is 6.15. The predicted octanol–water partition coefficient (Wildman–Crippen LogP) is 2.83. The van der Waals surface area contributed by atoms with Gasteiger partial charge in [0.2, 0.25) is 0 Å². The maximum atomic E-state index is 12.3. The van der Waals surface area contributed by atoms with Crippen molar-refractivity contribution in [2.24, 2.45) is 13.0 Å². The fraction of sp³-hybridized carbons (Fsp3) is 0.562. The molecule has 0 aliphatic rings. The molecule has 0 bridgehead atoms. The summed E-state index contributed by atoms with van der Waals surface area (Å²) in [6.07, 6.45) is 3.72. The molecule has 114 valence electrons. The summed E-state index contributed by atoms with van der Waals surface area (Å²) in [6.45, 7) is 8.35. The second-order valence-corrected chi connectivity index (χ2v) is 6.15. The highest BCUT2D eigenvalue weighted by Crippen LogP contribution is 2.16. The minimum Gasteiger partial charge on any atom is -0.350 e. The fourth-order valence-corrected chi connectivity index (χ4v) is 2.39. The van der Waals surface area contributed by atoms with Crippen LogP contribution in [0.25, 0.3) is 11.0 Å². The lowest BCUT2D eigenvalue weighted by molar-refractivity contribution is 0.0937. The van der Waals surface area contributed by atoms with Gasteiger partial charge in [-0.2, -0.15) is 5.10 Å². The first-order valence-corrected chi connectivity index (χ1v) is 7.48. The number of carbonyl (C=O) groups is 1. The molecule has 1 unspecified atom stereocenters. The number of hydrogen-bond donors (Lipinski definition) is 1. The predicted molar refractivity (Wildman–Crippen MR) is 84.2 cm³/mol. The highest BCUT2D eigenvalue weighted by Gasteiger charge is 2.13. The van der Waals surface area contributed by atoms with Gasteiger partial charge < -0.3 is 5.32 Å². The highest BCUT2D eigenvalue weighted by atomic mass is 16.1. The van der Waals surface area contributed by atoms with Gasteiger partial charge in [0.1, 0.15) is 0 Å². The maximum absolute atomic E-state index is 12.3. The van der Waals surface area contributed by atoms with E-state index >= 15 is 0 Å². The Bertz CT molecular complexity index is 645. The molecule has 0 spiro atoms. The Morgan fingerprint density at radius 3 is 2.71 bits per heavy atom. The van der Waals surface area contributed by atoms with Crippen LogP contribution in [0.5, 0.6) is 0 Å². The van der Waals surface area contributed by atoms with E-state index in [4.69, 9.17) is 0 Å². The van der Waals surface area contributed by atoms with E-state index in [0.717, 1.165) is 29.6 Å². The van der Waals surface area contributed by atoms with E-state index in [1.807, 2.05) is 27.0 Å². The van der Waals surface area contributed by atoms with Crippen LogP contribution in [0.1, 0.15) is 49.7 Å². The molecule has 0 fully saturated rings. The summed E-state index contributed by atoms with van der Waals surface area (Å²) in [5.74, 6) is 0.587. The molecule has 1 amide bonds. The number of pyridine rings is 1. The zero-order valence-electron chi connectivity index (χ0n) is 13.5. The van der Waals surface area contributed by atoms with E-state index in [0.29, 0.717) is 11.5 Å². The van der Waals surface area contributed by atoms with E-state index in [1.54, 1.807) is 10.9 Å². The largest absolute Gasteiger partial charge is 0.350 e. The molecular weight excluding hydrogens is 264 g/mol. The Hall–Kier alpha value is -1.91. The van der Waals surface area contributed by atoms with Gasteiger partial charge in [0.25, 0.3) is 5.91 Å². The number of aromatic nitrogens is 3. The smallest absolute Gasteiger partial charge is 0.253 e. The SMILES string of the molecule is Cc1nn(C)c2ncc(C(=O)NC(C)CCC(C)C)cc12.